The lowest BCUT2D eigenvalue weighted by molar-refractivity contribution is -0.148. The highest BCUT2D eigenvalue weighted by Crippen LogP contribution is 2.20. The van der Waals surface area contributed by atoms with Gasteiger partial charge in [0.15, 0.2) is 0 Å². The molecule has 1 aromatic rings. The molecule has 0 bridgehead atoms. The van der Waals surface area contributed by atoms with E-state index < -0.39 is 151 Å². The van der Waals surface area contributed by atoms with Gasteiger partial charge in [0.25, 0.3) is 0 Å². The second-order valence-corrected chi connectivity index (χ2v) is 21.0. The number of benzene rings is 1. The highest BCUT2D eigenvalue weighted by atomic mass is 16.3. The van der Waals surface area contributed by atoms with E-state index in [1.165, 1.54) is 37.9 Å². The Labute approximate surface area is 443 Å². The summed E-state index contributed by atoms with van der Waals surface area (Å²) in [6.07, 6.45) is -0.200. The minimum atomic E-state index is -1.60. The lowest BCUT2D eigenvalue weighted by Gasteiger charge is -2.36. The summed E-state index contributed by atoms with van der Waals surface area (Å²) in [6, 6.07) is -2.00. The quantitative estimate of drug-likeness (QED) is 0.119. The Bertz CT molecular complexity index is 2110. The topological polar surface area (TPSA) is 305 Å². The van der Waals surface area contributed by atoms with Crippen LogP contribution in [0, 0.1) is 29.6 Å². The van der Waals surface area contributed by atoms with Crippen molar-refractivity contribution >= 4 is 59.1 Å². The highest BCUT2D eigenvalue weighted by Gasteiger charge is 2.41. The van der Waals surface area contributed by atoms with E-state index in [2.05, 4.69) is 37.2 Å². The van der Waals surface area contributed by atoms with Crippen LogP contribution in [-0.4, -0.2) is 179 Å². The molecule has 0 aliphatic carbocycles. The van der Waals surface area contributed by atoms with Crippen LogP contribution in [-0.2, 0) is 54.4 Å². The van der Waals surface area contributed by atoms with E-state index in [1.54, 1.807) is 71.9 Å². The fourth-order valence-electron chi connectivity index (χ4n) is 8.73. The molecule has 22 heteroatoms. The van der Waals surface area contributed by atoms with E-state index in [1.807, 2.05) is 27.7 Å². The Morgan fingerprint density at radius 3 is 1.35 bits per heavy atom. The van der Waals surface area contributed by atoms with Gasteiger partial charge in [0.05, 0.1) is 25.8 Å². The number of rotatable bonds is 14. The Morgan fingerprint density at radius 2 is 0.933 bits per heavy atom. The smallest absolute Gasteiger partial charge is 0.246 e. The lowest BCUT2D eigenvalue weighted by Crippen LogP contribution is -2.63. The largest absolute Gasteiger partial charge is 0.394 e. The van der Waals surface area contributed by atoms with Crippen LogP contribution in [0.4, 0.5) is 0 Å². The second-order valence-electron chi connectivity index (χ2n) is 21.0. The monoisotopic (exact) mass is 1060 g/mol. The van der Waals surface area contributed by atoms with Gasteiger partial charge in [0.1, 0.15) is 48.3 Å². The third-order valence-electron chi connectivity index (χ3n) is 14.1. The van der Waals surface area contributed by atoms with Crippen molar-refractivity contribution < 1.29 is 58.2 Å². The van der Waals surface area contributed by atoms with Gasteiger partial charge in [-0.15, -0.1) is 0 Å². The van der Waals surface area contributed by atoms with E-state index in [9.17, 15) is 58.2 Å². The van der Waals surface area contributed by atoms with Crippen LogP contribution < -0.4 is 37.2 Å². The van der Waals surface area contributed by atoms with Gasteiger partial charge in [0.2, 0.25) is 59.1 Å². The average Bonchev–Trinajstić information content (AvgIpc) is 3.37. The van der Waals surface area contributed by atoms with Crippen LogP contribution in [0.5, 0.6) is 0 Å². The van der Waals surface area contributed by atoms with Crippen molar-refractivity contribution in [2.45, 2.75) is 169 Å². The molecule has 9 N–H and O–H groups in total. The molecular weight excluding hydrogens is 969 g/mol. The number of amides is 10. The molecule has 1 aliphatic rings. The summed E-state index contributed by atoms with van der Waals surface area (Å²) >= 11 is 0. The maximum Gasteiger partial charge on any atom is 0.246 e. The minimum Gasteiger partial charge on any atom is -0.394 e. The average molecular weight is 1060 g/mol. The van der Waals surface area contributed by atoms with Gasteiger partial charge in [-0.2, -0.15) is 0 Å². The van der Waals surface area contributed by atoms with E-state index >= 15 is 0 Å². The highest BCUT2D eigenvalue weighted by molar-refractivity contribution is 5.99. The molecule has 1 saturated heterocycles. The standard InChI is InChI=1S/C53H88N10O12/c1-15-31(8)42-49(71)57-37(28-64)46(68)59-43(32(9)16-2)52(74)61(12)38(23-29(4)5)47(69)54-26-40(66)56-36(25-35-21-19-18-20-22-35)51(73)63(14)45(34(11)65)50(72)60-44(33(10)17-3)53(75)62(13)39(24-30(6)7)48(70)55-27-41(67)58-42/h18-22,29-34,36-39,42-45,64-65H,15-17,23-28H2,1-14H3,(H,54,69)(H,55,70)(H,56,66)(H,57,71)(H,58,67)(H,59,68)(H,60,72)/t31-,32-,33-,34+,36-,37-,38+,39-,42-,43-,44-,45-/m0/s1. The lowest BCUT2D eigenvalue weighted by atomic mass is 9.95. The van der Waals surface area contributed by atoms with Crippen LogP contribution >= 0.6 is 0 Å². The first kappa shape index (κ1) is 65.0. The number of hydrogen-bond acceptors (Lipinski definition) is 12. The summed E-state index contributed by atoms with van der Waals surface area (Å²) in [5, 5.41) is 39.9. The molecule has 0 unspecified atom stereocenters. The molecule has 2 rings (SSSR count). The van der Waals surface area contributed by atoms with Crippen molar-refractivity contribution in [3.63, 3.8) is 0 Å². The molecule has 1 aromatic carbocycles. The second kappa shape index (κ2) is 31.0. The van der Waals surface area contributed by atoms with Crippen molar-refractivity contribution in [2.75, 3.05) is 40.8 Å². The molecular formula is C53H88N10O12. The number of hydrogen-bond donors (Lipinski definition) is 9. The van der Waals surface area contributed by atoms with Crippen molar-refractivity contribution in [1.82, 2.24) is 51.9 Å². The SMILES string of the molecule is CC[C@H](C)[C@@H]1NC(=O)CNC(=O)[C@H](CC(C)C)N(C)C(=O)[C@H]([C@@H](C)CC)NC(=O)[C@H]([C@@H](C)O)N(C)C(=O)[C@H](Cc2ccccc2)NC(=O)CNC(=O)[C@@H](CC(C)C)N(C)C(=O)[C@H]([C@@H](C)CC)NC(=O)[C@H](CO)NC1=O. The number of likely N-dealkylation sites (N-methyl/N-ethyl adjacent to an activating group) is 3. The molecule has 1 aliphatic heterocycles. The number of carbonyl (C=O) groups is 10. The molecule has 12 atom stereocenters. The third kappa shape index (κ3) is 19.2. The van der Waals surface area contributed by atoms with Gasteiger partial charge in [-0.3, -0.25) is 47.9 Å². The van der Waals surface area contributed by atoms with Crippen molar-refractivity contribution in [3.05, 3.63) is 35.9 Å². The van der Waals surface area contributed by atoms with Gasteiger partial charge in [-0.25, -0.2) is 0 Å². The van der Waals surface area contributed by atoms with Gasteiger partial charge in [-0.1, -0.05) is 119 Å². The molecule has 0 radical (unpaired) electrons. The predicted molar refractivity (Wildman–Crippen MR) is 282 cm³/mol. The molecule has 1 heterocycles. The van der Waals surface area contributed by atoms with Gasteiger partial charge in [0, 0.05) is 27.6 Å². The molecule has 1 fully saturated rings. The Hall–Kier alpha value is -6.16. The fourth-order valence-corrected chi connectivity index (χ4v) is 8.73. The normalized spacial score (nSPS) is 26.3. The summed E-state index contributed by atoms with van der Waals surface area (Å²) < 4.78 is 0. The van der Waals surface area contributed by atoms with Gasteiger partial charge in [-0.05, 0) is 54.9 Å². The summed E-state index contributed by atoms with van der Waals surface area (Å²) in [4.78, 5) is 144. The van der Waals surface area contributed by atoms with E-state index in [0.29, 0.717) is 24.8 Å². The Kier molecular flexibility index (Phi) is 26.9. The number of carbonyl (C=O) groups excluding carboxylic acids is 10. The number of aliphatic hydroxyl groups excluding tert-OH is 2. The summed E-state index contributed by atoms with van der Waals surface area (Å²) in [5.74, 6) is -9.71. The van der Waals surface area contributed by atoms with Crippen LogP contribution in [0.15, 0.2) is 30.3 Å². The Morgan fingerprint density at radius 1 is 0.507 bits per heavy atom. The predicted octanol–water partition coefficient (Wildman–Crippen LogP) is -0.0163. The van der Waals surface area contributed by atoms with Crippen LogP contribution in [0.3, 0.4) is 0 Å². The molecule has 0 spiro atoms. The summed E-state index contributed by atoms with van der Waals surface area (Å²) in [5.41, 5.74) is 0.623. The van der Waals surface area contributed by atoms with Gasteiger partial charge < -0.3 is 62.1 Å². The summed E-state index contributed by atoms with van der Waals surface area (Å²) in [6.45, 7) is 16.9. The minimum absolute atomic E-state index is 0.0766. The zero-order valence-corrected chi connectivity index (χ0v) is 46.7. The van der Waals surface area contributed by atoms with Crippen LogP contribution in [0.25, 0.3) is 0 Å². The van der Waals surface area contributed by atoms with Gasteiger partial charge >= 0.3 is 0 Å². The zero-order valence-electron chi connectivity index (χ0n) is 46.7. The van der Waals surface area contributed by atoms with E-state index in [-0.39, 0.29) is 31.1 Å². The molecule has 0 aromatic heterocycles. The van der Waals surface area contributed by atoms with Crippen LogP contribution in [0.2, 0.25) is 0 Å². The number of aliphatic hydroxyl groups is 2. The number of nitrogens with zero attached hydrogens (tertiary/aromatic N) is 3. The Balaban J connectivity index is 2.81. The van der Waals surface area contributed by atoms with Crippen molar-refractivity contribution in [3.8, 4) is 0 Å². The van der Waals surface area contributed by atoms with Crippen LogP contribution in [0.1, 0.15) is 114 Å². The molecule has 10 amide bonds. The summed E-state index contributed by atoms with van der Waals surface area (Å²) in [7, 11) is 4.05. The third-order valence-corrected chi connectivity index (χ3v) is 14.1. The molecule has 75 heavy (non-hydrogen) atoms. The molecule has 22 nitrogen and oxygen atoms in total. The van der Waals surface area contributed by atoms with Crippen molar-refractivity contribution in [2.24, 2.45) is 29.6 Å². The zero-order chi connectivity index (χ0) is 57.0. The first-order valence-electron chi connectivity index (χ1n) is 26.3. The maximum atomic E-state index is 14.5. The molecule has 0 saturated carbocycles. The van der Waals surface area contributed by atoms with Crippen molar-refractivity contribution in [1.29, 1.82) is 0 Å². The first-order chi connectivity index (χ1) is 35.1. The fraction of sp³-hybridized carbons (Fsp3) is 0.698. The first-order valence-corrected chi connectivity index (χ1v) is 26.3. The van der Waals surface area contributed by atoms with E-state index in [0.717, 1.165) is 4.90 Å². The number of nitrogens with one attached hydrogen (secondary N) is 7. The molecule has 422 valence electrons. The van der Waals surface area contributed by atoms with E-state index in [4.69, 9.17) is 0 Å². The maximum absolute atomic E-state index is 14.5.